The van der Waals surface area contributed by atoms with Crippen molar-refractivity contribution in [3.63, 3.8) is 0 Å². The standard InChI is InChI=1S/C22H21NSe/c1-22(2,3)23(16-10-5-4-6-11-16)18-13-9-15-20-21(18)17-12-7-8-14-19(17)24-20/h4-15H,1-3H3. The van der Waals surface area contributed by atoms with Crippen LogP contribution in [-0.2, 0) is 0 Å². The van der Waals surface area contributed by atoms with E-state index in [2.05, 4.69) is 98.5 Å². The molecule has 0 amide bonds. The Kier molecular flexibility index (Phi) is 3.75. The molecule has 0 saturated carbocycles. The van der Waals surface area contributed by atoms with Crippen LogP contribution in [0.3, 0.4) is 0 Å². The number of nitrogens with zero attached hydrogens (tertiary/aromatic N) is 1. The molecule has 1 heterocycles. The van der Waals surface area contributed by atoms with Crippen LogP contribution in [0, 0.1) is 0 Å². The van der Waals surface area contributed by atoms with E-state index < -0.39 is 0 Å². The molecule has 0 unspecified atom stereocenters. The average molecular weight is 378 g/mol. The van der Waals surface area contributed by atoms with Crippen molar-refractivity contribution in [3.8, 4) is 0 Å². The second-order valence-corrected chi connectivity index (χ2v) is 9.36. The Hall–Kier alpha value is -2.02. The van der Waals surface area contributed by atoms with Gasteiger partial charge < -0.3 is 0 Å². The molecular formula is C22H21NSe. The summed E-state index contributed by atoms with van der Waals surface area (Å²) in [5, 5.41) is 2.83. The monoisotopic (exact) mass is 379 g/mol. The van der Waals surface area contributed by atoms with Crippen molar-refractivity contribution in [2.75, 3.05) is 4.90 Å². The van der Waals surface area contributed by atoms with E-state index in [0.717, 1.165) is 0 Å². The summed E-state index contributed by atoms with van der Waals surface area (Å²) in [6.07, 6.45) is 0. The molecule has 0 N–H and O–H groups in total. The van der Waals surface area contributed by atoms with Gasteiger partial charge in [0.2, 0.25) is 0 Å². The molecule has 2 heteroatoms. The number of hydrogen-bond acceptors (Lipinski definition) is 1. The maximum atomic E-state index is 2.48. The van der Waals surface area contributed by atoms with E-state index in [1.807, 2.05) is 0 Å². The van der Waals surface area contributed by atoms with Crippen molar-refractivity contribution in [1.82, 2.24) is 0 Å². The first-order valence-corrected chi connectivity index (χ1v) is 10.0. The van der Waals surface area contributed by atoms with Gasteiger partial charge in [0.1, 0.15) is 0 Å². The summed E-state index contributed by atoms with van der Waals surface area (Å²) in [5.41, 5.74) is 2.56. The molecule has 0 aliphatic rings. The van der Waals surface area contributed by atoms with Gasteiger partial charge in [0, 0.05) is 0 Å². The van der Waals surface area contributed by atoms with Gasteiger partial charge in [-0.15, -0.1) is 0 Å². The number of fused-ring (bicyclic) bond motifs is 3. The summed E-state index contributed by atoms with van der Waals surface area (Å²) in [4.78, 5) is 2.48. The zero-order valence-corrected chi connectivity index (χ0v) is 16.0. The molecule has 0 fully saturated rings. The Labute approximate surface area is 149 Å². The zero-order chi connectivity index (χ0) is 16.7. The fraction of sp³-hybridized carbons (Fsp3) is 0.182. The fourth-order valence-electron chi connectivity index (χ4n) is 3.41. The summed E-state index contributed by atoms with van der Waals surface area (Å²) in [6.45, 7) is 6.85. The Morgan fingerprint density at radius 3 is 2.12 bits per heavy atom. The zero-order valence-electron chi connectivity index (χ0n) is 14.3. The average Bonchev–Trinajstić information content (AvgIpc) is 2.94. The normalized spacial score (nSPS) is 12.0. The van der Waals surface area contributed by atoms with Crippen molar-refractivity contribution in [2.45, 2.75) is 26.3 Å². The first kappa shape index (κ1) is 15.5. The van der Waals surface area contributed by atoms with Crippen LogP contribution in [0.5, 0.6) is 0 Å². The third-order valence-electron chi connectivity index (χ3n) is 4.31. The van der Waals surface area contributed by atoms with Gasteiger partial charge in [0.05, 0.1) is 0 Å². The SMILES string of the molecule is CC(C)(C)N(c1ccccc1)c1cccc2[se]c3ccccc3c12. The number of rotatable bonds is 2. The number of benzene rings is 3. The topological polar surface area (TPSA) is 3.24 Å². The van der Waals surface area contributed by atoms with Gasteiger partial charge in [-0.2, -0.15) is 0 Å². The van der Waals surface area contributed by atoms with Crippen LogP contribution in [0.25, 0.3) is 19.3 Å². The molecule has 1 nitrogen and oxygen atoms in total. The first-order chi connectivity index (χ1) is 11.6. The van der Waals surface area contributed by atoms with Crippen molar-refractivity contribution in [3.05, 3.63) is 72.8 Å². The van der Waals surface area contributed by atoms with Crippen LogP contribution in [0.2, 0.25) is 0 Å². The van der Waals surface area contributed by atoms with E-state index in [0.29, 0.717) is 14.5 Å². The maximum absolute atomic E-state index is 2.48. The third-order valence-corrected chi connectivity index (χ3v) is 6.69. The Balaban J connectivity index is 2.06. The molecule has 120 valence electrons. The van der Waals surface area contributed by atoms with E-state index in [-0.39, 0.29) is 5.54 Å². The summed E-state index contributed by atoms with van der Waals surface area (Å²) in [7, 11) is 0. The van der Waals surface area contributed by atoms with Gasteiger partial charge in [-0.1, -0.05) is 0 Å². The molecule has 0 atom stereocenters. The minimum atomic E-state index is 0.00100. The summed E-state index contributed by atoms with van der Waals surface area (Å²) < 4.78 is 2.99. The van der Waals surface area contributed by atoms with Crippen LogP contribution < -0.4 is 4.90 Å². The van der Waals surface area contributed by atoms with Gasteiger partial charge in [-0.05, 0) is 0 Å². The predicted octanol–water partition coefficient (Wildman–Crippen LogP) is 5.99. The molecule has 4 aromatic rings. The molecule has 4 rings (SSSR count). The molecule has 0 bridgehead atoms. The van der Waals surface area contributed by atoms with Crippen molar-refractivity contribution in [2.24, 2.45) is 0 Å². The Bertz CT molecular complexity index is 993. The van der Waals surface area contributed by atoms with Crippen molar-refractivity contribution < 1.29 is 0 Å². The Morgan fingerprint density at radius 1 is 0.708 bits per heavy atom. The van der Waals surface area contributed by atoms with Gasteiger partial charge in [0.15, 0.2) is 0 Å². The summed E-state index contributed by atoms with van der Waals surface area (Å²) in [5.74, 6) is 0. The van der Waals surface area contributed by atoms with E-state index in [1.54, 1.807) is 0 Å². The van der Waals surface area contributed by atoms with E-state index in [1.165, 1.54) is 30.7 Å². The van der Waals surface area contributed by atoms with Crippen molar-refractivity contribution >= 4 is 45.2 Å². The molecule has 0 aliphatic heterocycles. The minimum absolute atomic E-state index is 0.00100. The van der Waals surface area contributed by atoms with Crippen LogP contribution in [0.1, 0.15) is 20.8 Å². The number of para-hydroxylation sites is 1. The van der Waals surface area contributed by atoms with Gasteiger partial charge in [0.25, 0.3) is 0 Å². The number of hydrogen-bond donors (Lipinski definition) is 0. The first-order valence-electron chi connectivity index (χ1n) is 8.31. The summed E-state index contributed by atoms with van der Waals surface area (Å²) in [6, 6.07) is 26.4. The predicted molar refractivity (Wildman–Crippen MR) is 107 cm³/mol. The molecule has 1 aromatic heterocycles. The van der Waals surface area contributed by atoms with Gasteiger partial charge in [-0.3, -0.25) is 0 Å². The molecule has 0 spiro atoms. The second kappa shape index (κ2) is 5.81. The van der Waals surface area contributed by atoms with Crippen LogP contribution in [-0.4, -0.2) is 20.0 Å². The molecule has 0 saturated heterocycles. The molecule has 0 radical (unpaired) electrons. The van der Waals surface area contributed by atoms with Gasteiger partial charge >= 0.3 is 149 Å². The molecule has 0 aliphatic carbocycles. The quantitative estimate of drug-likeness (QED) is 0.388. The van der Waals surface area contributed by atoms with Crippen LogP contribution in [0.15, 0.2) is 72.8 Å². The molecular weight excluding hydrogens is 357 g/mol. The molecule has 24 heavy (non-hydrogen) atoms. The third kappa shape index (κ3) is 2.56. The van der Waals surface area contributed by atoms with E-state index in [9.17, 15) is 0 Å². The van der Waals surface area contributed by atoms with Crippen LogP contribution in [0.4, 0.5) is 11.4 Å². The number of anilines is 2. The summed E-state index contributed by atoms with van der Waals surface area (Å²) >= 11 is 0.405. The van der Waals surface area contributed by atoms with Crippen molar-refractivity contribution in [1.29, 1.82) is 0 Å². The Morgan fingerprint density at radius 2 is 1.38 bits per heavy atom. The van der Waals surface area contributed by atoms with Crippen LogP contribution >= 0.6 is 0 Å². The van der Waals surface area contributed by atoms with E-state index >= 15 is 0 Å². The fourth-order valence-corrected chi connectivity index (χ4v) is 5.77. The van der Waals surface area contributed by atoms with Gasteiger partial charge in [-0.25, -0.2) is 0 Å². The second-order valence-electron chi connectivity index (χ2n) is 7.09. The van der Waals surface area contributed by atoms with E-state index in [4.69, 9.17) is 0 Å². The molecule has 3 aromatic carbocycles.